The third kappa shape index (κ3) is 2.50. The number of aromatic nitrogens is 1. The average Bonchev–Trinajstić information content (AvgIpc) is 2.07. The predicted molar refractivity (Wildman–Crippen MR) is 53.0 cm³/mol. The first kappa shape index (κ1) is 10.6. The van der Waals surface area contributed by atoms with Gasteiger partial charge in [0.1, 0.15) is 5.69 Å². The van der Waals surface area contributed by atoms with Gasteiger partial charge in [-0.25, -0.2) is 0 Å². The molecular weight excluding hydrogens is 182 g/mol. The molecule has 0 radical (unpaired) electrons. The molecule has 5 heteroatoms. The van der Waals surface area contributed by atoms with Gasteiger partial charge >= 0.3 is 0 Å². The van der Waals surface area contributed by atoms with E-state index in [4.69, 9.17) is 5.73 Å². The van der Waals surface area contributed by atoms with Gasteiger partial charge in [-0.2, -0.15) is 0 Å². The zero-order valence-electron chi connectivity index (χ0n) is 8.23. The van der Waals surface area contributed by atoms with Gasteiger partial charge in [-0.15, -0.1) is 0 Å². The predicted octanol–water partition coefficient (Wildman–Crippen LogP) is 1.19. The van der Waals surface area contributed by atoms with Gasteiger partial charge in [0.15, 0.2) is 0 Å². The average molecular weight is 195 g/mol. The molecule has 76 valence electrons. The number of hydrogen-bond donors (Lipinski definition) is 1. The summed E-state index contributed by atoms with van der Waals surface area (Å²) in [6.45, 7) is 3.57. The number of nitrogens with zero attached hydrogens (tertiary/aromatic N) is 2. The Morgan fingerprint density at radius 2 is 2.36 bits per heavy atom. The summed E-state index contributed by atoms with van der Waals surface area (Å²) < 4.78 is 0. The first-order chi connectivity index (χ1) is 6.50. The lowest BCUT2D eigenvalue weighted by Gasteiger charge is -2.05. The van der Waals surface area contributed by atoms with Gasteiger partial charge in [-0.3, -0.25) is 15.1 Å². The molecule has 1 rings (SSSR count). The second kappa shape index (κ2) is 4.15. The van der Waals surface area contributed by atoms with E-state index in [1.807, 2.05) is 0 Å². The molecule has 0 amide bonds. The van der Waals surface area contributed by atoms with Crippen LogP contribution in [0.1, 0.15) is 18.2 Å². The molecule has 2 N–H and O–H groups in total. The first-order valence-corrected chi connectivity index (χ1v) is 4.36. The Hall–Kier alpha value is -1.49. The third-order valence-electron chi connectivity index (χ3n) is 1.80. The molecule has 0 bridgehead atoms. The van der Waals surface area contributed by atoms with Crippen molar-refractivity contribution < 1.29 is 4.92 Å². The maximum absolute atomic E-state index is 10.7. The highest BCUT2D eigenvalue weighted by atomic mass is 16.6. The first-order valence-electron chi connectivity index (χ1n) is 4.36. The lowest BCUT2D eigenvalue weighted by Crippen LogP contribution is -2.19. The Balaban J connectivity index is 3.08. The van der Waals surface area contributed by atoms with Crippen molar-refractivity contribution in [2.45, 2.75) is 26.3 Å². The summed E-state index contributed by atoms with van der Waals surface area (Å²) in [4.78, 5) is 14.3. The van der Waals surface area contributed by atoms with Crippen LogP contribution in [0, 0.1) is 17.0 Å². The molecule has 0 fully saturated rings. The summed E-state index contributed by atoms with van der Waals surface area (Å²) in [6.07, 6.45) is 2.04. The van der Waals surface area contributed by atoms with E-state index in [1.54, 1.807) is 20.0 Å². The van der Waals surface area contributed by atoms with Gasteiger partial charge < -0.3 is 5.73 Å². The van der Waals surface area contributed by atoms with Crippen molar-refractivity contribution in [2.24, 2.45) is 5.73 Å². The molecular formula is C9H13N3O2. The second-order valence-corrected chi connectivity index (χ2v) is 3.42. The fourth-order valence-electron chi connectivity index (χ4n) is 1.20. The topological polar surface area (TPSA) is 82.0 Å². The maximum atomic E-state index is 10.7. The van der Waals surface area contributed by atoms with E-state index in [1.165, 1.54) is 6.07 Å². The number of rotatable bonds is 3. The lowest BCUT2D eigenvalue weighted by atomic mass is 10.1. The summed E-state index contributed by atoms with van der Waals surface area (Å²) in [5.41, 5.74) is 6.86. The molecule has 1 heterocycles. The van der Waals surface area contributed by atoms with Crippen LogP contribution in [0.25, 0.3) is 0 Å². The van der Waals surface area contributed by atoms with Gasteiger partial charge in [0.25, 0.3) is 5.69 Å². The van der Waals surface area contributed by atoms with Crippen LogP contribution in [0.5, 0.6) is 0 Å². The SMILES string of the molecule is Cc1cnc(CC(C)N)c([N+](=O)[O-])c1. The number of nitro groups is 1. The van der Waals surface area contributed by atoms with E-state index in [2.05, 4.69) is 4.98 Å². The van der Waals surface area contributed by atoms with E-state index in [-0.39, 0.29) is 11.7 Å². The van der Waals surface area contributed by atoms with Gasteiger partial charge in [0, 0.05) is 24.7 Å². The summed E-state index contributed by atoms with van der Waals surface area (Å²) >= 11 is 0. The Kier molecular flexibility index (Phi) is 3.14. The van der Waals surface area contributed by atoms with Crippen LogP contribution in [0.15, 0.2) is 12.3 Å². The van der Waals surface area contributed by atoms with Crippen LogP contribution >= 0.6 is 0 Å². The number of aryl methyl sites for hydroxylation is 1. The summed E-state index contributed by atoms with van der Waals surface area (Å²) in [6, 6.07) is 1.40. The smallest absolute Gasteiger partial charge is 0.291 e. The molecule has 0 saturated carbocycles. The Labute approximate surface area is 82.1 Å². The largest absolute Gasteiger partial charge is 0.328 e. The zero-order chi connectivity index (χ0) is 10.7. The van der Waals surface area contributed by atoms with Crippen molar-refractivity contribution in [3.8, 4) is 0 Å². The van der Waals surface area contributed by atoms with E-state index in [9.17, 15) is 10.1 Å². The van der Waals surface area contributed by atoms with Crippen LogP contribution in [-0.2, 0) is 6.42 Å². The van der Waals surface area contributed by atoms with Crippen molar-refractivity contribution in [3.63, 3.8) is 0 Å². The van der Waals surface area contributed by atoms with Crippen LogP contribution in [0.4, 0.5) is 5.69 Å². The maximum Gasteiger partial charge on any atom is 0.291 e. The molecule has 0 aliphatic carbocycles. The van der Waals surface area contributed by atoms with E-state index in [0.29, 0.717) is 12.1 Å². The van der Waals surface area contributed by atoms with Gasteiger partial charge in [-0.05, 0) is 19.4 Å². The van der Waals surface area contributed by atoms with Gasteiger partial charge in [0.2, 0.25) is 0 Å². The molecule has 14 heavy (non-hydrogen) atoms. The Morgan fingerprint density at radius 1 is 1.71 bits per heavy atom. The molecule has 1 unspecified atom stereocenters. The Bertz CT molecular complexity index is 350. The molecule has 1 aromatic heterocycles. The van der Waals surface area contributed by atoms with Crippen molar-refractivity contribution in [1.82, 2.24) is 4.98 Å². The van der Waals surface area contributed by atoms with Gasteiger partial charge in [-0.1, -0.05) is 0 Å². The molecule has 0 aliphatic rings. The molecule has 0 saturated heterocycles. The number of nitrogens with two attached hydrogens (primary N) is 1. The Morgan fingerprint density at radius 3 is 2.86 bits per heavy atom. The summed E-state index contributed by atoms with van der Waals surface area (Å²) in [5.74, 6) is 0. The van der Waals surface area contributed by atoms with Gasteiger partial charge in [0.05, 0.1) is 4.92 Å². The second-order valence-electron chi connectivity index (χ2n) is 3.42. The highest BCUT2D eigenvalue weighted by Gasteiger charge is 2.15. The number of hydrogen-bond acceptors (Lipinski definition) is 4. The molecule has 1 aromatic rings. The van der Waals surface area contributed by atoms with E-state index >= 15 is 0 Å². The zero-order valence-corrected chi connectivity index (χ0v) is 8.23. The highest BCUT2D eigenvalue weighted by Crippen LogP contribution is 2.18. The van der Waals surface area contributed by atoms with Crippen LogP contribution < -0.4 is 5.73 Å². The lowest BCUT2D eigenvalue weighted by molar-refractivity contribution is -0.386. The summed E-state index contributed by atoms with van der Waals surface area (Å²) in [7, 11) is 0. The third-order valence-corrected chi connectivity index (χ3v) is 1.80. The summed E-state index contributed by atoms with van der Waals surface area (Å²) in [5, 5.41) is 10.7. The number of pyridine rings is 1. The van der Waals surface area contributed by atoms with Crippen molar-refractivity contribution in [3.05, 3.63) is 33.6 Å². The van der Waals surface area contributed by atoms with Crippen LogP contribution in [0.2, 0.25) is 0 Å². The minimum absolute atomic E-state index is 0.0577. The van der Waals surface area contributed by atoms with Crippen LogP contribution in [-0.4, -0.2) is 15.9 Å². The van der Waals surface area contributed by atoms with Crippen LogP contribution in [0.3, 0.4) is 0 Å². The standard InChI is InChI=1S/C9H13N3O2/c1-6-3-9(12(13)14)8(11-5-6)4-7(2)10/h3,5,7H,4,10H2,1-2H3. The van der Waals surface area contributed by atoms with Crippen molar-refractivity contribution in [2.75, 3.05) is 0 Å². The van der Waals surface area contributed by atoms with E-state index in [0.717, 1.165) is 5.56 Å². The normalized spacial score (nSPS) is 12.5. The fourth-order valence-corrected chi connectivity index (χ4v) is 1.20. The fraction of sp³-hybridized carbons (Fsp3) is 0.444. The monoisotopic (exact) mass is 195 g/mol. The molecule has 0 spiro atoms. The minimum atomic E-state index is -0.419. The molecule has 5 nitrogen and oxygen atoms in total. The quantitative estimate of drug-likeness (QED) is 0.580. The molecule has 0 aromatic carbocycles. The van der Waals surface area contributed by atoms with E-state index < -0.39 is 4.92 Å². The van der Waals surface area contributed by atoms with Crippen molar-refractivity contribution >= 4 is 5.69 Å². The highest BCUT2D eigenvalue weighted by molar-refractivity contribution is 5.38. The molecule has 1 atom stereocenters. The van der Waals surface area contributed by atoms with Crippen molar-refractivity contribution in [1.29, 1.82) is 0 Å². The minimum Gasteiger partial charge on any atom is -0.328 e. The molecule has 0 aliphatic heterocycles.